The molecule has 1 atom stereocenters. The van der Waals surface area contributed by atoms with Gasteiger partial charge in [0.15, 0.2) is 5.78 Å². The van der Waals surface area contributed by atoms with Gasteiger partial charge in [-0.25, -0.2) is 0 Å². The molecule has 0 saturated heterocycles. The number of aryl methyl sites for hydroxylation is 1. The molecule has 0 bridgehead atoms. The van der Waals surface area contributed by atoms with E-state index in [0.717, 1.165) is 17.9 Å². The normalized spacial score (nSPS) is 12.2. The first-order chi connectivity index (χ1) is 15.1. The average molecular weight is 415 g/mol. The summed E-state index contributed by atoms with van der Waals surface area (Å²) in [7, 11) is 0. The molecule has 0 N–H and O–H groups in total. The van der Waals surface area contributed by atoms with Gasteiger partial charge in [-0.3, -0.25) is 4.79 Å². The fourth-order valence-electron chi connectivity index (χ4n) is 4.72. The fraction of sp³-hybridized carbons (Fsp3) is 0.433. The molecule has 0 aliphatic heterocycles. The molecule has 1 unspecified atom stereocenters. The van der Waals surface area contributed by atoms with Crippen molar-refractivity contribution < 1.29 is 4.79 Å². The lowest BCUT2D eigenvalue weighted by Gasteiger charge is -2.16. The zero-order valence-electron chi connectivity index (χ0n) is 19.6. The second-order valence-electron chi connectivity index (χ2n) is 8.96. The summed E-state index contributed by atoms with van der Waals surface area (Å²) in [5.41, 5.74) is 4.74. The lowest BCUT2D eigenvalue weighted by atomic mass is 9.89. The summed E-state index contributed by atoms with van der Waals surface area (Å²) < 4.78 is 0. The van der Waals surface area contributed by atoms with Crippen LogP contribution in [0.4, 0.5) is 0 Å². The van der Waals surface area contributed by atoms with Crippen LogP contribution in [0.2, 0.25) is 0 Å². The molecule has 0 heterocycles. The molecule has 0 spiro atoms. The molecule has 0 radical (unpaired) electrons. The third-order valence-corrected chi connectivity index (χ3v) is 6.73. The Morgan fingerprint density at radius 1 is 0.806 bits per heavy atom. The highest BCUT2D eigenvalue weighted by atomic mass is 16.1. The molecule has 0 fully saturated rings. The first kappa shape index (κ1) is 23.3. The van der Waals surface area contributed by atoms with E-state index in [-0.39, 0.29) is 5.78 Å². The van der Waals surface area contributed by atoms with E-state index >= 15 is 0 Å². The van der Waals surface area contributed by atoms with Gasteiger partial charge in [0.1, 0.15) is 0 Å². The van der Waals surface area contributed by atoms with Crippen molar-refractivity contribution in [3.8, 4) is 11.1 Å². The minimum atomic E-state index is 0.120. The van der Waals surface area contributed by atoms with Crippen molar-refractivity contribution in [2.24, 2.45) is 5.92 Å². The minimum Gasteiger partial charge on any atom is -0.295 e. The van der Waals surface area contributed by atoms with E-state index in [1.807, 2.05) is 12.1 Å². The highest BCUT2D eigenvalue weighted by molar-refractivity contribution is 5.95. The zero-order chi connectivity index (χ0) is 22.1. The average Bonchev–Trinajstić information content (AvgIpc) is 2.80. The summed E-state index contributed by atoms with van der Waals surface area (Å²) in [6, 6.07) is 21.3. The quantitative estimate of drug-likeness (QED) is 0.213. The monoisotopic (exact) mass is 414 g/mol. The van der Waals surface area contributed by atoms with E-state index in [1.165, 1.54) is 78.8 Å². The highest BCUT2D eigenvalue weighted by Crippen LogP contribution is 2.32. The fourth-order valence-corrected chi connectivity index (χ4v) is 4.72. The van der Waals surface area contributed by atoms with E-state index < -0.39 is 0 Å². The molecule has 1 nitrogen and oxygen atoms in total. The molecule has 0 aliphatic rings. The van der Waals surface area contributed by atoms with Crippen LogP contribution in [-0.4, -0.2) is 5.78 Å². The van der Waals surface area contributed by atoms with Crippen molar-refractivity contribution >= 4 is 16.6 Å². The second kappa shape index (κ2) is 11.8. The molecular formula is C30H38O. The third-order valence-electron chi connectivity index (χ3n) is 6.73. The van der Waals surface area contributed by atoms with Gasteiger partial charge in [0.2, 0.25) is 0 Å². The molecule has 0 aliphatic carbocycles. The van der Waals surface area contributed by atoms with Gasteiger partial charge in [-0.1, -0.05) is 119 Å². The Kier molecular flexibility index (Phi) is 8.88. The maximum absolute atomic E-state index is 11.7. The van der Waals surface area contributed by atoms with Crippen molar-refractivity contribution in [3.63, 3.8) is 0 Å². The summed E-state index contributed by atoms with van der Waals surface area (Å²) in [4.78, 5) is 11.7. The first-order valence-electron chi connectivity index (χ1n) is 12.3. The van der Waals surface area contributed by atoms with Crippen LogP contribution in [0.3, 0.4) is 0 Å². The Labute approximate surface area is 188 Å². The molecule has 0 amide bonds. The largest absolute Gasteiger partial charge is 0.295 e. The number of ketones is 1. The standard InChI is InChI=1S/C30H38O/c1-4-6-12-24(5-2)13-8-7-9-16-30-28-15-11-10-14-26(28)21-22-29(30)27-19-17-25(18-20-27)23(3)31/h10-11,14-15,17-22,24H,4-9,12-13,16H2,1-3H3. The van der Waals surface area contributed by atoms with Crippen LogP contribution in [-0.2, 0) is 6.42 Å². The van der Waals surface area contributed by atoms with Crippen LogP contribution in [0.15, 0.2) is 60.7 Å². The maximum Gasteiger partial charge on any atom is 0.159 e. The molecule has 0 aromatic heterocycles. The second-order valence-corrected chi connectivity index (χ2v) is 8.96. The number of unbranched alkanes of at least 4 members (excludes halogenated alkanes) is 3. The van der Waals surface area contributed by atoms with E-state index in [2.05, 4.69) is 62.4 Å². The number of carbonyl (C=O) groups is 1. The molecule has 3 aromatic carbocycles. The molecule has 164 valence electrons. The van der Waals surface area contributed by atoms with Gasteiger partial charge in [0, 0.05) is 5.56 Å². The van der Waals surface area contributed by atoms with Gasteiger partial charge in [-0.05, 0) is 53.1 Å². The molecule has 0 saturated carbocycles. The number of fused-ring (bicyclic) bond motifs is 1. The Bertz CT molecular complexity index is 967. The van der Waals surface area contributed by atoms with Crippen molar-refractivity contribution in [3.05, 3.63) is 71.8 Å². The Hall–Kier alpha value is -2.41. The number of rotatable bonds is 12. The highest BCUT2D eigenvalue weighted by Gasteiger charge is 2.11. The zero-order valence-corrected chi connectivity index (χ0v) is 19.6. The summed E-state index contributed by atoms with van der Waals surface area (Å²) in [6.07, 6.45) is 11.8. The molecule has 1 heteroatoms. The van der Waals surface area contributed by atoms with E-state index in [9.17, 15) is 4.79 Å². The maximum atomic E-state index is 11.7. The molecule has 3 aromatic rings. The van der Waals surface area contributed by atoms with Crippen LogP contribution in [0.25, 0.3) is 21.9 Å². The van der Waals surface area contributed by atoms with Crippen molar-refractivity contribution in [1.29, 1.82) is 0 Å². The number of benzene rings is 3. The van der Waals surface area contributed by atoms with Gasteiger partial charge >= 0.3 is 0 Å². The third kappa shape index (κ3) is 6.29. The molecule has 31 heavy (non-hydrogen) atoms. The number of carbonyl (C=O) groups excluding carboxylic acids is 1. The Balaban J connectivity index is 1.73. The van der Waals surface area contributed by atoms with E-state index in [1.54, 1.807) is 6.92 Å². The smallest absolute Gasteiger partial charge is 0.159 e. The number of Topliss-reactive ketones (excluding diaryl/α,β-unsaturated/α-hetero) is 1. The van der Waals surface area contributed by atoms with Crippen LogP contribution < -0.4 is 0 Å². The predicted molar refractivity (Wildman–Crippen MR) is 135 cm³/mol. The topological polar surface area (TPSA) is 17.1 Å². The Morgan fingerprint density at radius 2 is 1.55 bits per heavy atom. The van der Waals surface area contributed by atoms with E-state index in [4.69, 9.17) is 0 Å². The van der Waals surface area contributed by atoms with Crippen molar-refractivity contribution in [1.82, 2.24) is 0 Å². The number of hydrogen-bond acceptors (Lipinski definition) is 1. The number of hydrogen-bond donors (Lipinski definition) is 0. The van der Waals surface area contributed by atoms with Crippen LogP contribution in [0.1, 0.15) is 88.1 Å². The lowest BCUT2D eigenvalue weighted by molar-refractivity contribution is 0.101. The Morgan fingerprint density at radius 3 is 2.26 bits per heavy atom. The molecule has 3 rings (SSSR count). The first-order valence-corrected chi connectivity index (χ1v) is 12.3. The van der Waals surface area contributed by atoms with Crippen molar-refractivity contribution in [2.75, 3.05) is 0 Å². The van der Waals surface area contributed by atoms with Gasteiger partial charge in [-0.15, -0.1) is 0 Å². The molecular weight excluding hydrogens is 376 g/mol. The van der Waals surface area contributed by atoms with Gasteiger partial charge < -0.3 is 0 Å². The van der Waals surface area contributed by atoms with Crippen LogP contribution >= 0.6 is 0 Å². The predicted octanol–water partition coefficient (Wildman–Crippen LogP) is 9.03. The van der Waals surface area contributed by atoms with E-state index in [0.29, 0.717) is 0 Å². The SMILES string of the molecule is CCCCC(CC)CCCCCc1c(-c2ccc(C(C)=O)cc2)ccc2ccccc12. The summed E-state index contributed by atoms with van der Waals surface area (Å²) in [5, 5.41) is 2.68. The van der Waals surface area contributed by atoms with Gasteiger partial charge in [-0.2, -0.15) is 0 Å². The van der Waals surface area contributed by atoms with Crippen molar-refractivity contribution in [2.45, 2.75) is 78.6 Å². The summed E-state index contributed by atoms with van der Waals surface area (Å²) in [6.45, 7) is 6.27. The van der Waals surface area contributed by atoms with Gasteiger partial charge in [0.25, 0.3) is 0 Å². The summed E-state index contributed by atoms with van der Waals surface area (Å²) in [5.74, 6) is 1.03. The van der Waals surface area contributed by atoms with Crippen LogP contribution in [0, 0.1) is 5.92 Å². The summed E-state index contributed by atoms with van der Waals surface area (Å²) >= 11 is 0. The minimum absolute atomic E-state index is 0.120. The van der Waals surface area contributed by atoms with Crippen LogP contribution in [0.5, 0.6) is 0 Å². The van der Waals surface area contributed by atoms with Gasteiger partial charge in [0.05, 0.1) is 0 Å². The lowest BCUT2D eigenvalue weighted by Crippen LogP contribution is -1.99.